The molecule has 1 heterocycles. The van der Waals surface area contributed by atoms with E-state index >= 15 is 0 Å². The highest BCUT2D eigenvalue weighted by atomic mass is 35.5. The van der Waals surface area contributed by atoms with E-state index < -0.39 is 12.2 Å². The first-order valence-corrected chi connectivity index (χ1v) is 5.86. The Kier molecular flexibility index (Phi) is 3.98. The van der Waals surface area contributed by atoms with E-state index in [1.165, 1.54) is 0 Å². The van der Waals surface area contributed by atoms with Crippen molar-refractivity contribution in [2.45, 2.75) is 13.1 Å². The zero-order valence-corrected chi connectivity index (χ0v) is 10.8. The second kappa shape index (κ2) is 5.68. The summed E-state index contributed by atoms with van der Waals surface area (Å²) in [6.45, 7) is 1.71. The molecule has 0 spiro atoms. The van der Waals surface area contributed by atoms with Crippen LogP contribution in [0.4, 0.5) is 4.79 Å². The minimum absolute atomic E-state index is 0.336. The molecule has 1 atom stereocenters. The fourth-order valence-electron chi connectivity index (χ4n) is 1.42. The highest BCUT2D eigenvalue weighted by molar-refractivity contribution is 6.30. The van der Waals surface area contributed by atoms with E-state index in [-0.39, 0.29) is 5.91 Å². The molecule has 0 radical (unpaired) electrons. The summed E-state index contributed by atoms with van der Waals surface area (Å²) in [5.41, 5.74) is 8.47. The van der Waals surface area contributed by atoms with E-state index in [0.717, 1.165) is 0 Å². The zero-order chi connectivity index (χ0) is 13.8. The lowest BCUT2D eigenvalue weighted by Crippen LogP contribution is -2.60. The van der Waals surface area contributed by atoms with Crippen molar-refractivity contribution >= 4 is 29.3 Å². The predicted octanol–water partition coefficient (Wildman–Crippen LogP) is 0.589. The molecule has 1 aromatic rings. The summed E-state index contributed by atoms with van der Waals surface area (Å²) in [7, 11) is 0. The fraction of sp³-hybridized carbons (Fsp3) is 0.182. The van der Waals surface area contributed by atoms with Gasteiger partial charge in [-0.25, -0.2) is 15.6 Å². The molecule has 100 valence electrons. The van der Waals surface area contributed by atoms with Crippen molar-refractivity contribution in [2.24, 2.45) is 5.10 Å². The van der Waals surface area contributed by atoms with Crippen LogP contribution in [0.25, 0.3) is 0 Å². The number of nitrogens with one attached hydrogen (secondary N) is 4. The first-order chi connectivity index (χ1) is 9.06. The average molecular weight is 282 g/mol. The highest BCUT2D eigenvalue weighted by Crippen LogP contribution is 2.09. The van der Waals surface area contributed by atoms with Gasteiger partial charge in [0, 0.05) is 10.6 Å². The number of halogens is 1. The molecule has 1 aliphatic rings. The number of hydrazone groups is 1. The van der Waals surface area contributed by atoms with Crippen LogP contribution in [-0.2, 0) is 0 Å². The van der Waals surface area contributed by atoms with E-state index in [1.807, 2.05) is 0 Å². The van der Waals surface area contributed by atoms with Crippen LogP contribution < -0.4 is 21.6 Å². The van der Waals surface area contributed by atoms with Crippen LogP contribution >= 0.6 is 11.6 Å². The number of hydrogen-bond acceptors (Lipinski definition) is 4. The Balaban J connectivity index is 1.93. The van der Waals surface area contributed by atoms with Gasteiger partial charge in [0.2, 0.25) is 0 Å². The summed E-state index contributed by atoms with van der Waals surface area (Å²) < 4.78 is 0. The van der Waals surface area contributed by atoms with E-state index in [9.17, 15) is 9.59 Å². The maximum atomic E-state index is 11.8. The Morgan fingerprint density at radius 1 is 1.37 bits per heavy atom. The number of carbonyl (C=O) groups excluding carboxylic acids is 2. The SMILES string of the molecule is CC1=NNC(=O)NC1NNC(=O)c1ccc(Cl)cc1. The van der Waals surface area contributed by atoms with Crippen LogP contribution in [0.15, 0.2) is 29.4 Å². The Hall–Kier alpha value is -2.12. The summed E-state index contributed by atoms with van der Waals surface area (Å²) in [4.78, 5) is 22.9. The van der Waals surface area contributed by atoms with Crippen LogP contribution in [-0.4, -0.2) is 23.8 Å². The van der Waals surface area contributed by atoms with Crippen molar-refractivity contribution in [3.8, 4) is 0 Å². The monoisotopic (exact) mass is 281 g/mol. The standard InChI is InChI=1S/C11H12ClN5O2/c1-6-9(13-11(19)17-14-6)15-16-10(18)7-2-4-8(12)5-3-7/h2-5,9,15H,1H3,(H,16,18)(H2,13,17,19). The van der Waals surface area contributed by atoms with E-state index in [0.29, 0.717) is 16.3 Å². The summed E-state index contributed by atoms with van der Waals surface area (Å²) in [6, 6.07) is 6.00. The van der Waals surface area contributed by atoms with Crippen molar-refractivity contribution < 1.29 is 9.59 Å². The van der Waals surface area contributed by atoms with Gasteiger partial charge in [-0.2, -0.15) is 5.10 Å². The maximum Gasteiger partial charge on any atom is 0.336 e. The number of amides is 3. The summed E-state index contributed by atoms with van der Waals surface area (Å²) >= 11 is 5.73. The van der Waals surface area contributed by atoms with E-state index in [1.54, 1.807) is 31.2 Å². The summed E-state index contributed by atoms with van der Waals surface area (Å²) in [5.74, 6) is -0.336. The third kappa shape index (κ3) is 3.43. The number of carbonyl (C=O) groups is 2. The molecule has 0 saturated heterocycles. The molecule has 0 fully saturated rings. The van der Waals surface area contributed by atoms with E-state index in [2.05, 4.69) is 26.7 Å². The van der Waals surface area contributed by atoms with Crippen LogP contribution in [0.3, 0.4) is 0 Å². The highest BCUT2D eigenvalue weighted by Gasteiger charge is 2.20. The number of nitrogens with zero attached hydrogens (tertiary/aromatic N) is 1. The fourth-order valence-corrected chi connectivity index (χ4v) is 1.55. The normalized spacial score (nSPS) is 18.1. The third-order valence-electron chi connectivity index (χ3n) is 2.46. The second-order valence-electron chi connectivity index (χ2n) is 3.88. The van der Waals surface area contributed by atoms with Gasteiger partial charge in [-0.3, -0.25) is 10.2 Å². The van der Waals surface area contributed by atoms with Gasteiger partial charge in [-0.1, -0.05) is 11.6 Å². The van der Waals surface area contributed by atoms with Crippen LogP contribution in [0.2, 0.25) is 5.02 Å². The minimum atomic E-state index is -0.551. The Morgan fingerprint density at radius 2 is 2.05 bits per heavy atom. The van der Waals surface area contributed by atoms with Gasteiger partial charge in [0.25, 0.3) is 5.91 Å². The summed E-state index contributed by atoms with van der Waals surface area (Å²) in [6.07, 6.45) is -0.551. The molecule has 4 N–H and O–H groups in total. The van der Waals surface area contributed by atoms with Crippen LogP contribution in [0.5, 0.6) is 0 Å². The van der Waals surface area contributed by atoms with Gasteiger partial charge in [0.15, 0.2) is 0 Å². The van der Waals surface area contributed by atoms with Gasteiger partial charge in [-0.05, 0) is 31.2 Å². The minimum Gasteiger partial charge on any atom is -0.314 e. The molecule has 0 aromatic heterocycles. The molecule has 1 aromatic carbocycles. The molecule has 19 heavy (non-hydrogen) atoms. The molecule has 0 aliphatic carbocycles. The molecule has 0 bridgehead atoms. The maximum absolute atomic E-state index is 11.8. The zero-order valence-electron chi connectivity index (χ0n) is 10.0. The molecule has 3 amide bonds. The van der Waals surface area contributed by atoms with Crippen LogP contribution in [0, 0.1) is 0 Å². The van der Waals surface area contributed by atoms with E-state index in [4.69, 9.17) is 11.6 Å². The second-order valence-corrected chi connectivity index (χ2v) is 4.31. The molecular formula is C11H12ClN5O2. The van der Waals surface area contributed by atoms with Crippen LogP contribution in [0.1, 0.15) is 17.3 Å². The Morgan fingerprint density at radius 3 is 2.74 bits per heavy atom. The van der Waals surface area contributed by atoms with Gasteiger partial charge in [0.1, 0.15) is 6.17 Å². The van der Waals surface area contributed by atoms with Gasteiger partial charge in [0.05, 0.1) is 5.71 Å². The smallest absolute Gasteiger partial charge is 0.314 e. The molecule has 1 unspecified atom stereocenters. The average Bonchev–Trinajstić information content (AvgIpc) is 2.40. The Bertz CT molecular complexity index is 528. The molecule has 0 saturated carbocycles. The number of benzene rings is 1. The van der Waals surface area contributed by atoms with Crippen molar-refractivity contribution in [2.75, 3.05) is 0 Å². The van der Waals surface area contributed by atoms with Gasteiger partial charge >= 0.3 is 6.03 Å². The number of urea groups is 1. The van der Waals surface area contributed by atoms with Crippen molar-refractivity contribution in [3.05, 3.63) is 34.9 Å². The molecule has 8 heteroatoms. The lowest BCUT2D eigenvalue weighted by Gasteiger charge is -2.23. The summed E-state index contributed by atoms with van der Waals surface area (Å²) in [5, 5.41) is 6.89. The molecular weight excluding hydrogens is 270 g/mol. The topological polar surface area (TPSA) is 94.6 Å². The first-order valence-electron chi connectivity index (χ1n) is 5.48. The van der Waals surface area contributed by atoms with Crippen molar-refractivity contribution in [1.82, 2.24) is 21.6 Å². The lowest BCUT2D eigenvalue weighted by molar-refractivity contribution is 0.0927. The molecule has 1 aliphatic heterocycles. The van der Waals surface area contributed by atoms with Gasteiger partial charge in [-0.15, -0.1) is 0 Å². The predicted molar refractivity (Wildman–Crippen MR) is 70.6 cm³/mol. The number of rotatable bonds is 3. The van der Waals surface area contributed by atoms with Crippen molar-refractivity contribution in [1.29, 1.82) is 0 Å². The third-order valence-corrected chi connectivity index (χ3v) is 2.72. The quantitative estimate of drug-likeness (QED) is 0.611. The van der Waals surface area contributed by atoms with Gasteiger partial charge < -0.3 is 5.32 Å². The largest absolute Gasteiger partial charge is 0.336 e. The van der Waals surface area contributed by atoms with Crippen molar-refractivity contribution in [3.63, 3.8) is 0 Å². The molecule has 2 rings (SSSR count). The number of hydrazine groups is 1. The first kappa shape index (κ1) is 13.3. The Labute approximate surface area is 114 Å². The lowest BCUT2D eigenvalue weighted by atomic mass is 10.2. The molecule has 7 nitrogen and oxygen atoms in total. The number of hydrogen-bond donors (Lipinski definition) is 4.